The van der Waals surface area contributed by atoms with Gasteiger partial charge in [0.15, 0.2) is 0 Å². The molecule has 2 amide bonds. The fraction of sp³-hybridized carbons (Fsp3) is 0.222. The van der Waals surface area contributed by atoms with Gasteiger partial charge in [0.2, 0.25) is 11.8 Å². The number of nitrogens with two attached hydrogens (primary N) is 1. The van der Waals surface area contributed by atoms with E-state index >= 15 is 0 Å². The molecule has 0 aliphatic carbocycles. The highest BCUT2D eigenvalue weighted by atomic mass is 16.2. The number of carbonyl (C=O) groups excluding carboxylic acids is 2. The van der Waals surface area contributed by atoms with Crippen LogP contribution in [0.3, 0.4) is 0 Å². The van der Waals surface area contributed by atoms with Crippen molar-refractivity contribution in [3.05, 3.63) is 71.8 Å². The molecule has 5 heteroatoms. The zero-order valence-electron chi connectivity index (χ0n) is 13.0. The second kappa shape index (κ2) is 8.10. The Balaban J connectivity index is 1.94. The van der Waals surface area contributed by atoms with Gasteiger partial charge >= 0.3 is 0 Å². The molecule has 0 bridgehead atoms. The highest BCUT2D eigenvalue weighted by Gasteiger charge is 2.22. The summed E-state index contributed by atoms with van der Waals surface area (Å²) in [7, 11) is 0. The molecule has 5 nitrogen and oxygen atoms in total. The summed E-state index contributed by atoms with van der Waals surface area (Å²) < 4.78 is 0. The summed E-state index contributed by atoms with van der Waals surface area (Å²) in [5.41, 5.74) is 7.20. The SMILES string of the molecule is C[C@H](N[C@@H](C(N)=O)c1ccccc1)C(=O)NCc1ccccc1. The monoisotopic (exact) mass is 311 g/mol. The van der Waals surface area contributed by atoms with Crippen LogP contribution >= 0.6 is 0 Å². The van der Waals surface area contributed by atoms with Gasteiger partial charge in [-0.15, -0.1) is 0 Å². The first-order valence-corrected chi connectivity index (χ1v) is 7.50. The highest BCUT2D eigenvalue weighted by molar-refractivity contribution is 5.85. The third kappa shape index (κ3) is 4.93. The Hall–Kier alpha value is -2.66. The molecule has 2 rings (SSSR count). The Bertz CT molecular complexity index is 644. The number of hydrogen-bond donors (Lipinski definition) is 3. The van der Waals surface area contributed by atoms with Crippen LogP contribution in [-0.4, -0.2) is 17.9 Å². The van der Waals surface area contributed by atoms with E-state index in [1.54, 1.807) is 19.1 Å². The van der Waals surface area contributed by atoms with E-state index in [1.165, 1.54) is 0 Å². The number of carbonyl (C=O) groups is 2. The lowest BCUT2D eigenvalue weighted by atomic mass is 10.1. The average molecular weight is 311 g/mol. The lowest BCUT2D eigenvalue weighted by Gasteiger charge is -2.21. The van der Waals surface area contributed by atoms with Gasteiger partial charge in [-0.3, -0.25) is 14.9 Å². The van der Waals surface area contributed by atoms with Crippen LogP contribution < -0.4 is 16.4 Å². The molecule has 120 valence electrons. The fourth-order valence-corrected chi connectivity index (χ4v) is 2.25. The van der Waals surface area contributed by atoms with Crippen molar-refractivity contribution in [1.82, 2.24) is 10.6 Å². The van der Waals surface area contributed by atoms with Crippen LogP contribution in [0.25, 0.3) is 0 Å². The third-order valence-electron chi connectivity index (χ3n) is 3.54. The maximum Gasteiger partial charge on any atom is 0.239 e. The maximum atomic E-state index is 12.2. The van der Waals surface area contributed by atoms with Crippen LogP contribution in [0.5, 0.6) is 0 Å². The Kier molecular flexibility index (Phi) is 5.88. The van der Waals surface area contributed by atoms with Crippen molar-refractivity contribution in [2.24, 2.45) is 5.73 Å². The van der Waals surface area contributed by atoms with E-state index in [9.17, 15) is 9.59 Å². The molecule has 0 aromatic heterocycles. The third-order valence-corrected chi connectivity index (χ3v) is 3.54. The molecule has 2 atom stereocenters. The highest BCUT2D eigenvalue weighted by Crippen LogP contribution is 2.12. The van der Waals surface area contributed by atoms with Gasteiger partial charge in [-0.1, -0.05) is 60.7 Å². The lowest BCUT2D eigenvalue weighted by molar-refractivity contribution is -0.124. The number of amides is 2. The predicted molar refractivity (Wildman–Crippen MR) is 89.3 cm³/mol. The molecule has 0 spiro atoms. The molecular formula is C18H21N3O2. The minimum absolute atomic E-state index is 0.184. The Labute approximate surface area is 135 Å². The number of benzene rings is 2. The van der Waals surface area contributed by atoms with Crippen LogP contribution in [-0.2, 0) is 16.1 Å². The van der Waals surface area contributed by atoms with Crippen LogP contribution in [0.15, 0.2) is 60.7 Å². The first kappa shape index (κ1) is 16.7. The van der Waals surface area contributed by atoms with E-state index in [4.69, 9.17) is 5.73 Å². The van der Waals surface area contributed by atoms with Crippen molar-refractivity contribution in [3.63, 3.8) is 0 Å². The summed E-state index contributed by atoms with van der Waals surface area (Å²) in [6.07, 6.45) is 0. The van der Waals surface area contributed by atoms with Crippen molar-refractivity contribution in [2.45, 2.75) is 25.6 Å². The molecule has 4 N–H and O–H groups in total. The van der Waals surface area contributed by atoms with Crippen LogP contribution in [0.4, 0.5) is 0 Å². The van der Waals surface area contributed by atoms with E-state index in [1.807, 2.05) is 48.5 Å². The van der Waals surface area contributed by atoms with E-state index in [0.717, 1.165) is 11.1 Å². The fourth-order valence-electron chi connectivity index (χ4n) is 2.25. The van der Waals surface area contributed by atoms with Gasteiger partial charge in [-0.2, -0.15) is 0 Å². The minimum atomic E-state index is -0.700. The van der Waals surface area contributed by atoms with E-state index in [2.05, 4.69) is 10.6 Å². The molecular weight excluding hydrogens is 290 g/mol. The molecule has 0 unspecified atom stereocenters. The Morgan fingerprint density at radius 3 is 2.13 bits per heavy atom. The molecule has 0 saturated heterocycles. The summed E-state index contributed by atoms with van der Waals surface area (Å²) >= 11 is 0. The smallest absolute Gasteiger partial charge is 0.239 e. The first-order valence-electron chi connectivity index (χ1n) is 7.50. The van der Waals surface area contributed by atoms with Gasteiger partial charge in [0, 0.05) is 6.54 Å². The maximum absolute atomic E-state index is 12.2. The van der Waals surface area contributed by atoms with Gasteiger partial charge in [0.05, 0.1) is 6.04 Å². The summed E-state index contributed by atoms with van der Waals surface area (Å²) in [5.74, 6) is -0.699. The van der Waals surface area contributed by atoms with Crippen LogP contribution in [0.2, 0.25) is 0 Å². The molecule has 23 heavy (non-hydrogen) atoms. The second-order valence-corrected chi connectivity index (χ2v) is 5.34. The molecule has 0 aliphatic heterocycles. The summed E-state index contributed by atoms with van der Waals surface area (Å²) in [4.78, 5) is 23.8. The minimum Gasteiger partial charge on any atom is -0.368 e. The standard InChI is InChI=1S/C18H21N3O2/c1-13(18(23)20-12-14-8-4-2-5-9-14)21-16(17(19)22)15-10-6-3-7-11-15/h2-11,13,16,21H,12H2,1H3,(H2,19,22)(H,20,23)/t13-,16+/m0/s1. The van der Waals surface area contributed by atoms with Crippen molar-refractivity contribution in [2.75, 3.05) is 0 Å². The summed E-state index contributed by atoms with van der Waals surface area (Å²) in [5, 5.41) is 5.82. The first-order chi connectivity index (χ1) is 11.1. The van der Waals surface area contributed by atoms with Crippen molar-refractivity contribution >= 4 is 11.8 Å². The van der Waals surface area contributed by atoms with Gasteiger partial charge in [-0.25, -0.2) is 0 Å². The number of hydrogen-bond acceptors (Lipinski definition) is 3. The molecule has 0 heterocycles. The van der Waals surface area contributed by atoms with E-state index < -0.39 is 18.0 Å². The number of rotatable bonds is 7. The van der Waals surface area contributed by atoms with Gasteiger partial charge in [-0.05, 0) is 18.1 Å². The van der Waals surface area contributed by atoms with Gasteiger partial charge in [0.1, 0.15) is 6.04 Å². The zero-order valence-corrected chi connectivity index (χ0v) is 13.0. The van der Waals surface area contributed by atoms with Crippen LogP contribution in [0, 0.1) is 0 Å². The van der Waals surface area contributed by atoms with Crippen molar-refractivity contribution < 1.29 is 9.59 Å². The molecule has 0 aliphatic rings. The molecule has 2 aromatic rings. The van der Waals surface area contributed by atoms with E-state index in [0.29, 0.717) is 6.54 Å². The van der Waals surface area contributed by atoms with Gasteiger partial charge < -0.3 is 11.1 Å². The predicted octanol–water partition coefficient (Wildman–Crippen LogP) is 1.51. The molecule has 0 radical (unpaired) electrons. The Morgan fingerprint density at radius 1 is 1.00 bits per heavy atom. The molecule has 2 aromatic carbocycles. The van der Waals surface area contributed by atoms with Crippen LogP contribution in [0.1, 0.15) is 24.1 Å². The lowest BCUT2D eigenvalue weighted by Crippen LogP contribution is -2.46. The molecule has 0 fully saturated rings. The summed E-state index contributed by atoms with van der Waals surface area (Å²) in [6, 6.07) is 17.5. The van der Waals surface area contributed by atoms with Crippen molar-refractivity contribution in [1.29, 1.82) is 0 Å². The quantitative estimate of drug-likeness (QED) is 0.724. The zero-order chi connectivity index (χ0) is 16.7. The summed E-state index contributed by atoms with van der Waals surface area (Å²) in [6.45, 7) is 2.15. The van der Waals surface area contributed by atoms with Crippen molar-refractivity contribution in [3.8, 4) is 0 Å². The Morgan fingerprint density at radius 2 is 1.57 bits per heavy atom. The number of primary amides is 1. The second-order valence-electron chi connectivity index (χ2n) is 5.34. The topological polar surface area (TPSA) is 84.2 Å². The van der Waals surface area contributed by atoms with Gasteiger partial charge in [0.25, 0.3) is 0 Å². The number of nitrogens with one attached hydrogen (secondary N) is 2. The molecule has 0 saturated carbocycles. The average Bonchev–Trinajstić information content (AvgIpc) is 2.58. The van der Waals surface area contributed by atoms with E-state index in [-0.39, 0.29) is 5.91 Å². The normalized spacial score (nSPS) is 13.1. The largest absolute Gasteiger partial charge is 0.368 e.